The molecule has 0 bridgehead atoms. The summed E-state index contributed by atoms with van der Waals surface area (Å²) >= 11 is 5.55. The zero-order valence-corrected chi connectivity index (χ0v) is 21.9. The predicted molar refractivity (Wildman–Crippen MR) is 150 cm³/mol. The first kappa shape index (κ1) is 24.4. The average Bonchev–Trinajstić information content (AvgIpc) is 3.33. The van der Waals surface area contributed by atoms with Gasteiger partial charge in [0.25, 0.3) is 0 Å². The first-order chi connectivity index (χ1) is 17.5. The molecule has 190 valence electrons. The number of rotatable bonds is 6. The van der Waals surface area contributed by atoms with Gasteiger partial charge in [0.1, 0.15) is 23.2 Å². The normalized spacial score (nSPS) is 18.3. The Morgan fingerprint density at radius 1 is 0.972 bits per heavy atom. The summed E-state index contributed by atoms with van der Waals surface area (Å²) in [5.41, 5.74) is 1.27. The molecule has 8 nitrogen and oxygen atoms in total. The van der Waals surface area contributed by atoms with Gasteiger partial charge >= 0.3 is 0 Å². The van der Waals surface area contributed by atoms with Crippen LogP contribution in [0.15, 0.2) is 52.9 Å². The monoisotopic (exact) mass is 505 g/mol. The van der Waals surface area contributed by atoms with Gasteiger partial charge in [0.05, 0.1) is 6.54 Å². The predicted octanol–water partition coefficient (Wildman–Crippen LogP) is 4.43. The van der Waals surface area contributed by atoms with E-state index in [1.807, 2.05) is 19.1 Å². The lowest BCUT2D eigenvalue weighted by atomic mass is 10.0. The number of aryl methyl sites for hydroxylation is 1. The van der Waals surface area contributed by atoms with Crippen LogP contribution in [-0.2, 0) is 6.54 Å². The molecule has 2 N–H and O–H groups in total. The van der Waals surface area contributed by atoms with E-state index in [2.05, 4.69) is 68.7 Å². The lowest BCUT2D eigenvalue weighted by molar-refractivity contribution is 0.444. The Kier molecular flexibility index (Phi) is 7.55. The van der Waals surface area contributed by atoms with Gasteiger partial charge in [0, 0.05) is 51.0 Å². The van der Waals surface area contributed by atoms with Crippen LogP contribution in [0.2, 0.25) is 0 Å². The molecule has 5 rings (SSSR count). The van der Waals surface area contributed by atoms with Crippen molar-refractivity contribution in [3.8, 4) is 0 Å². The maximum Gasteiger partial charge on any atom is 0.232 e. The smallest absolute Gasteiger partial charge is 0.232 e. The molecule has 0 aliphatic carbocycles. The molecular formula is C27H35N7OS. The SMILES string of the molecule is Cc1ccc(CNC(=S)Nc2nc(N3CCN(c4ccccc4)CC3)cc(N3CCCC(C)C3)n2)o1. The molecule has 2 saturated heterocycles. The molecule has 1 atom stereocenters. The van der Waals surface area contributed by atoms with Crippen molar-refractivity contribution in [3.05, 3.63) is 60.1 Å². The molecule has 9 heteroatoms. The molecule has 2 fully saturated rings. The summed E-state index contributed by atoms with van der Waals surface area (Å²) in [6.07, 6.45) is 2.45. The van der Waals surface area contributed by atoms with Crippen LogP contribution in [0.25, 0.3) is 0 Å². The second-order valence-electron chi connectivity index (χ2n) is 9.73. The van der Waals surface area contributed by atoms with Gasteiger partial charge < -0.3 is 29.8 Å². The maximum atomic E-state index is 5.63. The Morgan fingerprint density at radius 3 is 2.39 bits per heavy atom. The van der Waals surface area contributed by atoms with Crippen LogP contribution in [0.5, 0.6) is 0 Å². The third kappa shape index (κ3) is 6.07. The van der Waals surface area contributed by atoms with E-state index < -0.39 is 0 Å². The van der Waals surface area contributed by atoms with Crippen molar-refractivity contribution >= 4 is 40.6 Å². The van der Waals surface area contributed by atoms with Crippen molar-refractivity contribution in [2.75, 3.05) is 59.3 Å². The minimum atomic E-state index is 0.480. The average molecular weight is 506 g/mol. The summed E-state index contributed by atoms with van der Waals surface area (Å²) in [4.78, 5) is 16.9. The van der Waals surface area contributed by atoms with E-state index in [4.69, 9.17) is 26.6 Å². The summed E-state index contributed by atoms with van der Waals surface area (Å²) in [6.45, 7) is 10.5. The van der Waals surface area contributed by atoms with Crippen LogP contribution in [0.4, 0.5) is 23.3 Å². The number of benzene rings is 1. The molecule has 0 spiro atoms. The molecule has 2 aromatic heterocycles. The van der Waals surface area contributed by atoms with Crippen molar-refractivity contribution in [1.29, 1.82) is 0 Å². The second-order valence-corrected chi connectivity index (χ2v) is 10.1. The van der Waals surface area contributed by atoms with Gasteiger partial charge in [-0.25, -0.2) is 0 Å². The molecule has 2 aliphatic heterocycles. The first-order valence-electron chi connectivity index (χ1n) is 12.8. The number of hydrogen-bond donors (Lipinski definition) is 2. The van der Waals surface area contributed by atoms with Crippen LogP contribution in [0.3, 0.4) is 0 Å². The lowest BCUT2D eigenvalue weighted by Crippen LogP contribution is -2.47. The van der Waals surface area contributed by atoms with Crippen molar-refractivity contribution in [1.82, 2.24) is 15.3 Å². The summed E-state index contributed by atoms with van der Waals surface area (Å²) < 4.78 is 5.63. The molecule has 2 aliphatic rings. The van der Waals surface area contributed by atoms with E-state index in [0.29, 0.717) is 23.5 Å². The van der Waals surface area contributed by atoms with E-state index in [-0.39, 0.29) is 0 Å². The highest BCUT2D eigenvalue weighted by Gasteiger charge is 2.23. The second kappa shape index (κ2) is 11.2. The van der Waals surface area contributed by atoms with Gasteiger partial charge in [-0.2, -0.15) is 9.97 Å². The number of anilines is 4. The highest BCUT2D eigenvalue weighted by atomic mass is 32.1. The van der Waals surface area contributed by atoms with Crippen molar-refractivity contribution in [2.45, 2.75) is 33.2 Å². The molecule has 3 aromatic rings. The number of piperazine rings is 1. The standard InChI is InChI=1S/C27H35N7OS/c1-20-7-6-12-34(19-20)25-17-24(33-15-13-32(14-16-33)22-8-4-3-5-9-22)29-26(30-25)31-27(36)28-18-23-11-10-21(2)35-23/h3-5,8-11,17,20H,6-7,12-16,18-19H2,1-2H3,(H2,28,29,30,31,36). The number of piperidine rings is 1. The van der Waals surface area contributed by atoms with Gasteiger partial charge in [-0.15, -0.1) is 0 Å². The molecule has 0 radical (unpaired) electrons. The maximum absolute atomic E-state index is 5.63. The number of nitrogens with zero attached hydrogens (tertiary/aromatic N) is 5. The highest BCUT2D eigenvalue weighted by Crippen LogP contribution is 2.27. The van der Waals surface area contributed by atoms with Crippen LogP contribution in [0.1, 0.15) is 31.3 Å². The number of furan rings is 1. The fraction of sp³-hybridized carbons (Fsp3) is 0.444. The summed E-state index contributed by atoms with van der Waals surface area (Å²) in [7, 11) is 0. The third-order valence-electron chi connectivity index (χ3n) is 6.85. The quantitative estimate of drug-likeness (QED) is 0.474. The van der Waals surface area contributed by atoms with Gasteiger partial charge in [0.15, 0.2) is 5.11 Å². The van der Waals surface area contributed by atoms with Gasteiger partial charge in [-0.3, -0.25) is 0 Å². The fourth-order valence-corrected chi connectivity index (χ4v) is 5.09. The molecular weight excluding hydrogens is 470 g/mol. The van der Waals surface area contributed by atoms with Crippen LogP contribution in [0, 0.1) is 12.8 Å². The van der Waals surface area contributed by atoms with Crippen molar-refractivity contribution in [2.24, 2.45) is 5.92 Å². The van der Waals surface area contributed by atoms with E-state index in [1.165, 1.54) is 18.5 Å². The highest BCUT2D eigenvalue weighted by molar-refractivity contribution is 7.80. The number of hydrogen-bond acceptors (Lipinski definition) is 7. The van der Waals surface area contributed by atoms with E-state index in [1.54, 1.807) is 0 Å². The molecule has 36 heavy (non-hydrogen) atoms. The van der Waals surface area contributed by atoms with Gasteiger partial charge in [-0.1, -0.05) is 25.1 Å². The van der Waals surface area contributed by atoms with Crippen molar-refractivity contribution < 1.29 is 4.42 Å². The third-order valence-corrected chi connectivity index (χ3v) is 7.10. The van der Waals surface area contributed by atoms with Crippen molar-refractivity contribution in [3.63, 3.8) is 0 Å². The minimum Gasteiger partial charge on any atom is -0.465 e. The number of thiocarbonyl (C=S) groups is 1. The molecule has 0 amide bonds. The summed E-state index contributed by atoms with van der Waals surface area (Å²) in [6, 6.07) is 16.7. The Labute approximate surface area is 218 Å². The van der Waals surface area contributed by atoms with E-state index in [9.17, 15) is 0 Å². The molecule has 1 aromatic carbocycles. The first-order valence-corrected chi connectivity index (χ1v) is 13.2. The summed E-state index contributed by atoms with van der Waals surface area (Å²) in [5.74, 6) is 4.81. The Hall–Kier alpha value is -3.33. The molecule has 1 unspecified atom stereocenters. The molecule has 0 saturated carbocycles. The fourth-order valence-electron chi connectivity index (χ4n) is 4.93. The van der Waals surface area contributed by atoms with Gasteiger partial charge in [-0.05, 0) is 62.2 Å². The van der Waals surface area contributed by atoms with Crippen LogP contribution >= 0.6 is 12.2 Å². The zero-order valence-electron chi connectivity index (χ0n) is 21.1. The lowest BCUT2D eigenvalue weighted by Gasteiger charge is -2.37. The molecule has 4 heterocycles. The van der Waals surface area contributed by atoms with E-state index >= 15 is 0 Å². The Morgan fingerprint density at radius 2 is 1.69 bits per heavy atom. The van der Waals surface area contributed by atoms with Crippen LogP contribution < -0.4 is 25.3 Å². The largest absolute Gasteiger partial charge is 0.465 e. The number of aromatic nitrogens is 2. The number of para-hydroxylation sites is 1. The minimum absolute atomic E-state index is 0.480. The Balaban J connectivity index is 1.30. The topological polar surface area (TPSA) is 72.7 Å². The van der Waals surface area contributed by atoms with Gasteiger partial charge in [0.2, 0.25) is 5.95 Å². The van der Waals surface area contributed by atoms with E-state index in [0.717, 1.165) is 62.4 Å². The summed E-state index contributed by atoms with van der Waals surface area (Å²) in [5, 5.41) is 6.90. The van der Waals surface area contributed by atoms with Crippen LogP contribution in [-0.4, -0.2) is 54.3 Å². The zero-order chi connectivity index (χ0) is 24.9. The number of nitrogens with one attached hydrogen (secondary N) is 2. The Bertz CT molecular complexity index is 1160.